The number of aliphatic hydroxyl groups is 1. The summed E-state index contributed by atoms with van der Waals surface area (Å²) in [5.74, 6) is -0.274. The van der Waals surface area contributed by atoms with Gasteiger partial charge >= 0.3 is 0 Å². The van der Waals surface area contributed by atoms with Crippen LogP contribution in [0, 0.1) is 11.5 Å². The summed E-state index contributed by atoms with van der Waals surface area (Å²) in [7, 11) is 1.52. The summed E-state index contributed by atoms with van der Waals surface area (Å²) < 4.78 is 5.40. The fourth-order valence-corrected chi connectivity index (χ4v) is 5.49. The first kappa shape index (κ1) is 28.4. The number of amides is 2. The maximum absolute atomic E-state index is 14.3. The lowest BCUT2D eigenvalue weighted by Crippen LogP contribution is -2.51. The average molecular weight is 534 g/mol. The first-order valence-electron chi connectivity index (χ1n) is 13.7. The van der Waals surface area contributed by atoms with E-state index in [4.69, 9.17) is 4.74 Å². The van der Waals surface area contributed by atoms with Gasteiger partial charge < -0.3 is 15.2 Å². The number of hydrogen-bond acceptors (Lipinski definition) is 7. The van der Waals surface area contributed by atoms with Crippen LogP contribution in [0.15, 0.2) is 42.7 Å². The van der Waals surface area contributed by atoms with Gasteiger partial charge in [0.15, 0.2) is 6.19 Å². The Kier molecular flexibility index (Phi) is 8.76. The zero-order valence-electron chi connectivity index (χ0n) is 23.3. The molecule has 39 heavy (non-hydrogen) atoms. The normalized spacial score (nSPS) is 20.7. The number of benzene rings is 1. The van der Waals surface area contributed by atoms with Gasteiger partial charge in [0, 0.05) is 29.9 Å². The molecule has 0 bridgehead atoms. The Balaban J connectivity index is 1.82. The second-order valence-electron chi connectivity index (χ2n) is 11.6. The summed E-state index contributed by atoms with van der Waals surface area (Å²) in [5, 5.41) is 23.2. The Morgan fingerprint density at radius 3 is 2.49 bits per heavy atom. The number of likely N-dealkylation sites (tertiary alicyclic amines) is 1. The molecular formula is C30H39N5O4. The van der Waals surface area contributed by atoms with Gasteiger partial charge in [-0.1, -0.05) is 52.2 Å². The predicted molar refractivity (Wildman–Crippen MR) is 148 cm³/mol. The molecule has 1 saturated heterocycles. The molecule has 2 N–H and O–H groups in total. The molecule has 0 radical (unpaired) electrons. The molecule has 4 rings (SSSR count). The number of ether oxygens (including phenoxy) is 1. The molecule has 0 spiro atoms. The van der Waals surface area contributed by atoms with E-state index in [0.717, 1.165) is 37.7 Å². The minimum atomic E-state index is -1.05. The van der Waals surface area contributed by atoms with Crippen molar-refractivity contribution in [3.8, 4) is 11.9 Å². The molecule has 1 aliphatic carbocycles. The van der Waals surface area contributed by atoms with Crippen LogP contribution in [0.4, 0.5) is 5.69 Å². The zero-order chi connectivity index (χ0) is 28.2. The van der Waals surface area contributed by atoms with Crippen LogP contribution in [0.1, 0.15) is 76.5 Å². The van der Waals surface area contributed by atoms with E-state index in [0.29, 0.717) is 17.0 Å². The molecule has 3 atom stereocenters. The molecule has 9 heteroatoms. The van der Waals surface area contributed by atoms with Gasteiger partial charge in [-0.2, -0.15) is 5.26 Å². The second kappa shape index (κ2) is 12.0. The summed E-state index contributed by atoms with van der Waals surface area (Å²) in [4.78, 5) is 35.4. The SMILES string of the molecule is COc1cncc(C(C(=O)NC2CCCCC2)N(C(=O)C2CC(O)CN2C#N)c2ccc(C(C)(C)C)cc2)c1. The van der Waals surface area contributed by atoms with Gasteiger partial charge in [0.2, 0.25) is 5.91 Å². The highest BCUT2D eigenvalue weighted by Crippen LogP contribution is 2.34. The van der Waals surface area contributed by atoms with Crippen molar-refractivity contribution in [2.45, 2.75) is 88.9 Å². The molecular weight excluding hydrogens is 494 g/mol. The van der Waals surface area contributed by atoms with Crippen molar-refractivity contribution in [2.75, 3.05) is 18.6 Å². The highest BCUT2D eigenvalue weighted by atomic mass is 16.5. The summed E-state index contributed by atoms with van der Waals surface area (Å²) in [6.07, 6.45) is 9.48. The molecule has 9 nitrogen and oxygen atoms in total. The molecule has 2 aromatic rings. The minimum Gasteiger partial charge on any atom is -0.495 e. The number of carbonyl (C=O) groups excluding carboxylic acids is 2. The van der Waals surface area contributed by atoms with Crippen molar-refractivity contribution in [1.29, 1.82) is 5.26 Å². The number of hydrogen-bond donors (Lipinski definition) is 2. The van der Waals surface area contributed by atoms with Crippen LogP contribution in [-0.2, 0) is 15.0 Å². The van der Waals surface area contributed by atoms with Crippen LogP contribution in [0.2, 0.25) is 0 Å². The topological polar surface area (TPSA) is 119 Å². The molecule has 2 amide bonds. The van der Waals surface area contributed by atoms with Crippen molar-refractivity contribution in [3.05, 3.63) is 53.9 Å². The van der Waals surface area contributed by atoms with Gasteiger partial charge in [0.05, 0.1) is 26.0 Å². The quantitative estimate of drug-likeness (QED) is 0.519. The number of aliphatic hydroxyl groups excluding tert-OH is 1. The third-order valence-corrected chi connectivity index (χ3v) is 7.69. The van der Waals surface area contributed by atoms with Gasteiger partial charge in [-0.25, -0.2) is 0 Å². The van der Waals surface area contributed by atoms with Gasteiger partial charge in [-0.3, -0.25) is 24.4 Å². The molecule has 2 fully saturated rings. The Morgan fingerprint density at radius 2 is 1.87 bits per heavy atom. The number of pyridine rings is 1. The van der Waals surface area contributed by atoms with Crippen LogP contribution < -0.4 is 15.0 Å². The van der Waals surface area contributed by atoms with E-state index in [-0.39, 0.29) is 30.3 Å². The summed E-state index contributed by atoms with van der Waals surface area (Å²) in [5.41, 5.74) is 2.01. The largest absolute Gasteiger partial charge is 0.495 e. The Labute approximate surface area is 230 Å². The highest BCUT2D eigenvalue weighted by molar-refractivity contribution is 6.04. The summed E-state index contributed by atoms with van der Waals surface area (Å²) in [6, 6.07) is 7.40. The number of carbonyl (C=O) groups is 2. The van der Waals surface area contributed by atoms with Crippen molar-refractivity contribution < 1.29 is 19.4 Å². The number of aromatic nitrogens is 1. The van der Waals surface area contributed by atoms with Crippen molar-refractivity contribution in [2.24, 2.45) is 0 Å². The first-order valence-corrected chi connectivity index (χ1v) is 13.7. The van der Waals surface area contributed by atoms with E-state index in [1.807, 2.05) is 30.5 Å². The third-order valence-electron chi connectivity index (χ3n) is 7.69. The fraction of sp³-hybridized carbons (Fsp3) is 0.533. The summed E-state index contributed by atoms with van der Waals surface area (Å²) >= 11 is 0. The van der Waals surface area contributed by atoms with E-state index in [1.165, 1.54) is 16.9 Å². The number of β-amino-alcohol motifs (C(OH)–C–C–N with tert-alkyl or cyclic N) is 1. The second-order valence-corrected chi connectivity index (χ2v) is 11.6. The standard InChI is InChI=1S/C30H39N5O4/c1-30(2,3)21-10-12-23(13-11-21)35(29(38)26-15-24(36)18-34(26)19-31)27(20-14-25(39-4)17-32-16-20)28(37)33-22-8-6-5-7-9-22/h10-14,16-17,22,24,26-27,36H,5-9,15,18H2,1-4H3,(H,33,37). The van der Waals surface area contributed by atoms with Crippen LogP contribution in [0.3, 0.4) is 0 Å². The van der Waals surface area contributed by atoms with Crippen LogP contribution in [0.25, 0.3) is 0 Å². The van der Waals surface area contributed by atoms with E-state index < -0.39 is 24.1 Å². The number of nitriles is 1. The Morgan fingerprint density at radius 1 is 1.18 bits per heavy atom. The van der Waals surface area contributed by atoms with E-state index in [2.05, 4.69) is 31.1 Å². The number of methoxy groups -OCH3 is 1. The number of anilines is 1. The minimum absolute atomic E-state index is 0.0245. The maximum Gasteiger partial charge on any atom is 0.251 e. The van der Waals surface area contributed by atoms with Crippen molar-refractivity contribution in [3.63, 3.8) is 0 Å². The molecule has 2 heterocycles. The fourth-order valence-electron chi connectivity index (χ4n) is 5.49. The lowest BCUT2D eigenvalue weighted by molar-refractivity contribution is -0.128. The predicted octanol–water partition coefficient (Wildman–Crippen LogP) is 3.83. The lowest BCUT2D eigenvalue weighted by Gasteiger charge is -2.35. The molecule has 208 valence electrons. The van der Waals surface area contributed by atoms with Crippen molar-refractivity contribution in [1.82, 2.24) is 15.2 Å². The zero-order valence-corrected chi connectivity index (χ0v) is 23.3. The lowest BCUT2D eigenvalue weighted by atomic mass is 9.87. The molecule has 1 aromatic carbocycles. The first-order chi connectivity index (χ1) is 18.6. The molecule has 1 aromatic heterocycles. The smallest absolute Gasteiger partial charge is 0.251 e. The third kappa shape index (κ3) is 6.51. The van der Waals surface area contributed by atoms with E-state index in [1.54, 1.807) is 18.5 Å². The molecule has 1 saturated carbocycles. The molecule has 1 aliphatic heterocycles. The molecule has 2 aliphatic rings. The number of nitrogens with one attached hydrogen (secondary N) is 1. The van der Waals surface area contributed by atoms with Crippen LogP contribution >= 0.6 is 0 Å². The van der Waals surface area contributed by atoms with Crippen molar-refractivity contribution >= 4 is 17.5 Å². The van der Waals surface area contributed by atoms with E-state index in [9.17, 15) is 20.0 Å². The average Bonchev–Trinajstić information content (AvgIpc) is 3.32. The summed E-state index contributed by atoms with van der Waals surface area (Å²) in [6.45, 7) is 6.40. The highest BCUT2D eigenvalue weighted by Gasteiger charge is 2.43. The van der Waals surface area contributed by atoms with Gasteiger partial charge in [0.1, 0.15) is 17.8 Å². The Hall–Kier alpha value is -3.64. The van der Waals surface area contributed by atoms with Crippen LogP contribution in [-0.4, -0.2) is 58.6 Å². The number of nitrogens with zero attached hydrogens (tertiary/aromatic N) is 4. The number of rotatable bonds is 7. The van der Waals surface area contributed by atoms with Gasteiger partial charge in [-0.15, -0.1) is 0 Å². The maximum atomic E-state index is 14.3. The van der Waals surface area contributed by atoms with Gasteiger partial charge in [0.25, 0.3) is 5.91 Å². The van der Waals surface area contributed by atoms with Gasteiger partial charge in [-0.05, 0) is 42.0 Å². The van der Waals surface area contributed by atoms with Crippen LogP contribution in [0.5, 0.6) is 5.75 Å². The Bertz CT molecular complexity index is 1200. The van der Waals surface area contributed by atoms with E-state index >= 15 is 0 Å². The molecule has 3 unspecified atom stereocenters. The monoisotopic (exact) mass is 533 g/mol.